The Labute approximate surface area is 153 Å². The van der Waals surface area contributed by atoms with Gasteiger partial charge in [0.1, 0.15) is 5.82 Å². The van der Waals surface area contributed by atoms with Gasteiger partial charge in [0, 0.05) is 18.2 Å². The number of carbonyl (C=O) groups is 1. The summed E-state index contributed by atoms with van der Waals surface area (Å²) in [5.74, 6) is 1.98. The van der Waals surface area contributed by atoms with E-state index in [0.29, 0.717) is 11.7 Å². The molecule has 1 aromatic carbocycles. The molecular formula is C19H26N4OS. The molecule has 0 aliphatic heterocycles. The molecule has 5 nitrogen and oxygen atoms in total. The molecule has 0 bridgehead atoms. The fraction of sp³-hybridized carbons (Fsp3) is 0.526. The van der Waals surface area contributed by atoms with E-state index in [0.717, 1.165) is 29.6 Å². The smallest absolute Gasteiger partial charge is 0.230 e. The van der Waals surface area contributed by atoms with Gasteiger partial charge >= 0.3 is 0 Å². The molecule has 1 amide bonds. The van der Waals surface area contributed by atoms with Crippen LogP contribution in [0.5, 0.6) is 0 Å². The molecule has 3 rings (SSSR count). The number of benzene rings is 1. The molecule has 0 saturated heterocycles. The summed E-state index contributed by atoms with van der Waals surface area (Å²) in [5, 5.41) is 12.5. The van der Waals surface area contributed by atoms with Crippen LogP contribution in [0, 0.1) is 0 Å². The van der Waals surface area contributed by atoms with Crippen LogP contribution >= 0.6 is 11.8 Å². The summed E-state index contributed by atoms with van der Waals surface area (Å²) in [5.41, 5.74) is 1.07. The van der Waals surface area contributed by atoms with Crippen LogP contribution in [0.2, 0.25) is 0 Å². The van der Waals surface area contributed by atoms with Crippen LogP contribution in [0.3, 0.4) is 0 Å². The van der Waals surface area contributed by atoms with Gasteiger partial charge in [-0.05, 0) is 31.4 Å². The number of hydrogen-bond donors (Lipinski definition) is 1. The Balaban J connectivity index is 1.58. The summed E-state index contributed by atoms with van der Waals surface area (Å²) in [6, 6.07) is 10.2. The lowest BCUT2D eigenvalue weighted by molar-refractivity contribution is -0.118. The van der Waals surface area contributed by atoms with Crippen molar-refractivity contribution in [1.29, 1.82) is 0 Å². The molecule has 1 aliphatic carbocycles. The Morgan fingerprint density at radius 3 is 2.72 bits per heavy atom. The summed E-state index contributed by atoms with van der Waals surface area (Å²) in [7, 11) is 0. The Bertz CT molecular complexity index is 682. The zero-order chi connectivity index (χ0) is 17.5. The van der Waals surface area contributed by atoms with Gasteiger partial charge in [0.25, 0.3) is 0 Å². The number of unbranched alkanes of at least 4 members (excludes halogenated alkanes) is 3. The van der Waals surface area contributed by atoms with E-state index in [2.05, 4.69) is 39.1 Å². The molecule has 134 valence electrons. The Morgan fingerprint density at radius 2 is 2.00 bits per heavy atom. The maximum atomic E-state index is 12.1. The minimum absolute atomic E-state index is 0.0667. The molecule has 0 radical (unpaired) electrons. The van der Waals surface area contributed by atoms with Crippen LogP contribution in [-0.4, -0.2) is 33.0 Å². The fourth-order valence-electron chi connectivity index (χ4n) is 2.76. The first kappa shape index (κ1) is 18.0. The summed E-state index contributed by atoms with van der Waals surface area (Å²) >= 11 is 1.46. The summed E-state index contributed by atoms with van der Waals surface area (Å²) in [6.45, 7) is 2.95. The van der Waals surface area contributed by atoms with Gasteiger partial charge in [0.05, 0.1) is 5.75 Å². The first-order chi connectivity index (χ1) is 12.3. The fourth-order valence-corrected chi connectivity index (χ4v) is 3.55. The highest BCUT2D eigenvalue weighted by Gasteiger charge is 2.31. The van der Waals surface area contributed by atoms with Crippen LogP contribution in [0.4, 0.5) is 0 Å². The van der Waals surface area contributed by atoms with Crippen LogP contribution in [0.25, 0.3) is 5.69 Å². The lowest BCUT2D eigenvalue weighted by Crippen LogP contribution is -2.26. The monoisotopic (exact) mass is 358 g/mol. The van der Waals surface area contributed by atoms with Crippen molar-refractivity contribution in [3.05, 3.63) is 36.2 Å². The lowest BCUT2D eigenvalue weighted by atomic mass is 10.2. The maximum absolute atomic E-state index is 12.1. The topological polar surface area (TPSA) is 59.8 Å². The summed E-state index contributed by atoms with van der Waals surface area (Å²) < 4.78 is 2.11. The van der Waals surface area contributed by atoms with Gasteiger partial charge in [-0.1, -0.05) is 56.1 Å². The van der Waals surface area contributed by atoms with Crippen LogP contribution in [-0.2, 0) is 4.79 Å². The molecule has 1 aliphatic rings. The second-order valence-corrected chi connectivity index (χ2v) is 7.43. The third-order valence-electron chi connectivity index (χ3n) is 4.30. The Kier molecular flexibility index (Phi) is 6.50. The number of carbonyl (C=O) groups excluding carboxylic acids is 1. The van der Waals surface area contributed by atoms with Gasteiger partial charge in [0.2, 0.25) is 5.91 Å². The standard InChI is InChI=1S/C19H26N4OS/c1-2-3-4-8-13-20-17(24)14-25-19-22-21-18(15-11-12-15)23(19)16-9-6-5-7-10-16/h5-7,9-10,15H,2-4,8,11-14H2,1H3,(H,20,24). The molecule has 1 saturated carbocycles. The highest BCUT2D eigenvalue weighted by molar-refractivity contribution is 7.99. The van der Waals surface area contributed by atoms with E-state index >= 15 is 0 Å². The molecule has 1 heterocycles. The molecule has 1 aromatic heterocycles. The SMILES string of the molecule is CCCCCCNC(=O)CSc1nnc(C2CC2)n1-c1ccccc1. The second kappa shape index (κ2) is 9.04. The van der Waals surface area contributed by atoms with Crippen molar-refractivity contribution in [3.63, 3.8) is 0 Å². The quantitative estimate of drug-likeness (QED) is 0.516. The van der Waals surface area contributed by atoms with Gasteiger partial charge in [-0.25, -0.2) is 0 Å². The van der Waals surface area contributed by atoms with E-state index in [1.165, 1.54) is 43.9 Å². The average Bonchev–Trinajstić information content (AvgIpc) is 3.40. The zero-order valence-electron chi connectivity index (χ0n) is 14.8. The predicted molar refractivity (Wildman–Crippen MR) is 101 cm³/mol. The van der Waals surface area contributed by atoms with Crippen molar-refractivity contribution >= 4 is 17.7 Å². The molecule has 2 aromatic rings. The molecule has 0 atom stereocenters. The van der Waals surface area contributed by atoms with E-state index < -0.39 is 0 Å². The van der Waals surface area contributed by atoms with Crippen LogP contribution in [0.15, 0.2) is 35.5 Å². The predicted octanol–water partition coefficient (Wildman–Crippen LogP) is 3.93. The first-order valence-corrected chi connectivity index (χ1v) is 10.2. The molecular weight excluding hydrogens is 332 g/mol. The molecule has 1 fully saturated rings. The van der Waals surface area contributed by atoms with E-state index in [1.807, 2.05) is 18.2 Å². The molecule has 25 heavy (non-hydrogen) atoms. The van der Waals surface area contributed by atoms with E-state index in [1.54, 1.807) is 0 Å². The maximum Gasteiger partial charge on any atom is 0.230 e. The number of hydrogen-bond acceptors (Lipinski definition) is 4. The van der Waals surface area contributed by atoms with Crippen LogP contribution in [0.1, 0.15) is 57.2 Å². The zero-order valence-corrected chi connectivity index (χ0v) is 15.6. The minimum Gasteiger partial charge on any atom is -0.355 e. The molecule has 0 spiro atoms. The van der Waals surface area contributed by atoms with Crippen molar-refractivity contribution in [2.75, 3.05) is 12.3 Å². The molecule has 1 N–H and O–H groups in total. The Hall–Kier alpha value is -1.82. The van der Waals surface area contributed by atoms with E-state index in [-0.39, 0.29) is 5.91 Å². The van der Waals surface area contributed by atoms with Crippen molar-refractivity contribution in [1.82, 2.24) is 20.1 Å². The van der Waals surface area contributed by atoms with Gasteiger partial charge in [-0.2, -0.15) is 0 Å². The highest BCUT2D eigenvalue weighted by atomic mass is 32.2. The second-order valence-electron chi connectivity index (χ2n) is 6.49. The first-order valence-electron chi connectivity index (χ1n) is 9.20. The molecule has 6 heteroatoms. The number of para-hydroxylation sites is 1. The minimum atomic E-state index is 0.0667. The van der Waals surface area contributed by atoms with Crippen molar-refractivity contribution in [3.8, 4) is 5.69 Å². The van der Waals surface area contributed by atoms with Gasteiger partial charge in [0.15, 0.2) is 5.16 Å². The third-order valence-corrected chi connectivity index (χ3v) is 5.23. The van der Waals surface area contributed by atoms with Crippen molar-refractivity contribution < 1.29 is 4.79 Å². The largest absolute Gasteiger partial charge is 0.355 e. The van der Waals surface area contributed by atoms with E-state index in [9.17, 15) is 4.79 Å². The normalized spacial score (nSPS) is 13.8. The summed E-state index contributed by atoms with van der Waals surface area (Å²) in [4.78, 5) is 12.1. The van der Waals surface area contributed by atoms with Crippen molar-refractivity contribution in [2.45, 2.75) is 56.5 Å². The average molecular weight is 359 g/mol. The van der Waals surface area contributed by atoms with Gasteiger partial charge < -0.3 is 5.32 Å². The number of amides is 1. The van der Waals surface area contributed by atoms with Crippen LogP contribution < -0.4 is 5.32 Å². The summed E-state index contributed by atoms with van der Waals surface area (Å²) in [6.07, 6.45) is 7.02. The third kappa shape index (κ3) is 5.08. The Morgan fingerprint density at radius 1 is 1.20 bits per heavy atom. The van der Waals surface area contributed by atoms with Gasteiger partial charge in [-0.3, -0.25) is 9.36 Å². The number of rotatable bonds is 10. The number of aromatic nitrogens is 3. The van der Waals surface area contributed by atoms with E-state index in [4.69, 9.17) is 0 Å². The lowest BCUT2D eigenvalue weighted by Gasteiger charge is -2.10. The van der Waals surface area contributed by atoms with Gasteiger partial charge in [-0.15, -0.1) is 10.2 Å². The molecule has 0 unspecified atom stereocenters. The number of nitrogens with zero attached hydrogens (tertiary/aromatic N) is 3. The van der Waals surface area contributed by atoms with Crippen molar-refractivity contribution in [2.24, 2.45) is 0 Å². The number of nitrogens with one attached hydrogen (secondary N) is 1. The number of thioether (sulfide) groups is 1. The highest BCUT2D eigenvalue weighted by Crippen LogP contribution is 2.41.